The molecule has 1 fully saturated rings. The molecule has 0 heterocycles. The van der Waals surface area contributed by atoms with Gasteiger partial charge in [-0.15, -0.1) is 0 Å². The smallest absolute Gasteiger partial charge is 0.462 e. The number of ether oxygens (including phenoxy) is 2. The number of phosphoric ester groups is 1. The molecule has 13 nitrogen and oxygen atoms in total. The molecule has 0 bridgehead atoms. The zero-order chi connectivity index (χ0) is 43.6. The quantitative estimate of drug-likeness (QED) is 0.0152. The summed E-state index contributed by atoms with van der Waals surface area (Å²) in [5.41, 5.74) is 0. The average molecular weight is 859 g/mol. The molecule has 1 rings (SSSR count). The average Bonchev–Trinajstić information content (AvgIpc) is 3.21. The molecule has 0 spiro atoms. The third kappa shape index (κ3) is 28.1. The van der Waals surface area contributed by atoms with Gasteiger partial charge >= 0.3 is 19.8 Å². The molecule has 342 valence electrons. The standard InChI is InChI=1S/C45H79O13P/c1-3-5-7-9-11-13-15-17-19-21-23-25-27-29-31-33-38(46)55-35-37(36-56-59(53,54)58-45-43(51)41(49)40(48)42(50)44(45)52)57-39(47)34-32-30-28-26-24-22-20-18-16-14-12-10-8-6-4-2/h11,13-14,16-17,19,23,25,37,40-45,48-52H,3-10,12,15,18,20-22,24,26-36H2,1-2H3,(H,53,54). The Balaban J connectivity index is 2.51. The Bertz CT molecular complexity index is 1220. The lowest BCUT2D eigenvalue weighted by Crippen LogP contribution is -2.64. The van der Waals surface area contributed by atoms with Crippen LogP contribution in [0.15, 0.2) is 48.6 Å². The van der Waals surface area contributed by atoms with Gasteiger partial charge in [0.2, 0.25) is 0 Å². The first-order valence-corrected chi connectivity index (χ1v) is 23.9. The van der Waals surface area contributed by atoms with Crippen LogP contribution in [0, 0.1) is 0 Å². The van der Waals surface area contributed by atoms with Gasteiger partial charge in [-0.2, -0.15) is 0 Å². The van der Waals surface area contributed by atoms with Crippen LogP contribution in [0.1, 0.15) is 168 Å². The third-order valence-electron chi connectivity index (χ3n) is 10.1. The summed E-state index contributed by atoms with van der Waals surface area (Å²) >= 11 is 0. The second kappa shape index (κ2) is 35.4. The van der Waals surface area contributed by atoms with Crippen molar-refractivity contribution in [2.24, 2.45) is 0 Å². The van der Waals surface area contributed by atoms with Crippen LogP contribution in [-0.4, -0.2) is 98.3 Å². The van der Waals surface area contributed by atoms with E-state index in [-0.39, 0.29) is 12.8 Å². The maximum atomic E-state index is 12.8. The van der Waals surface area contributed by atoms with Crippen molar-refractivity contribution in [3.8, 4) is 0 Å². The molecule has 0 aromatic rings. The summed E-state index contributed by atoms with van der Waals surface area (Å²) in [6, 6.07) is 0. The van der Waals surface area contributed by atoms with Crippen molar-refractivity contribution in [2.45, 2.75) is 211 Å². The lowest BCUT2D eigenvalue weighted by atomic mass is 9.85. The first-order valence-electron chi connectivity index (χ1n) is 22.4. The predicted octanol–water partition coefficient (Wildman–Crippen LogP) is 8.39. The number of esters is 2. The summed E-state index contributed by atoms with van der Waals surface area (Å²) in [4.78, 5) is 35.6. The van der Waals surface area contributed by atoms with Gasteiger partial charge in [-0.25, -0.2) is 4.57 Å². The number of unbranched alkanes of at least 4 members (excludes halogenated alkanes) is 16. The summed E-state index contributed by atoms with van der Waals surface area (Å²) in [5, 5.41) is 50.1. The number of hydrogen-bond acceptors (Lipinski definition) is 12. The topological polar surface area (TPSA) is 210 Å². The van der Waals surface area contributed by atoms with E-state index in [2.05, 4.69) is 62.5 Å². The van der Waals surface area contributed by atoms with E-state index in [9.17, 15) is 44.6 Å². The lowest BCUT2D eigenvalue weighted by Gasteiger charge is -2.41. The number of carbonyl (C=O) groups excluding carboxylic acids is 2. The number of hydrogen-bond donors (Lipinski definition) is 6. The molecule has 1 aliphatic carbocycles. The van der Waals surface area contributed by atoms with Crippen molar-refractivity contribution >= 4 is 19.8 Å². The van der Waals surface area contributed by atoms with Crippen molar-refractivity contribution in [1.29, 1.82) is 0 Å². The normalized spacial score (nSPS) is 22.8. The molecule has 6 atom stereocenters. The highest BCUT2D eigenvalue weighted by molar-refractivity contribution is 7.47. The highest BCUT2D eigenvalue weighted by Gasteiger charge is 2.51. The van der Waals surface area contributed by atoms with Crippen LogP contribution in [0.25, 0.3) is 0 Å². The SMILES string of the molecule is CCCCCC=CCC=CCC=CCCCCC(=O)OCC(COP(=O)(O)OC1C(O)C(O)C(O)C(O)C1O)OC(=O)CCCCCCCCCC=CCCCCCC. The number of aliphatic hydroxyl groups excluding tert-OH is 5. The summed E-state index contributed by atoms with van der Waals surface area (Å²) < 4.78 is 33.4. The van der Waals surface area contributed by atoms with Gasteiger partial charge in [0.05, 0.1) is 6.61 Å². The van der Waals surface area contributed by atoms with Crippen molar-refractivity contribution in [3.63, 3.8) is 0 Å². The lowest BCUT2D eigenvalue weighted by molar-refractivity contribution is -0.220. The fraction of sp³-hybridized carbons (Fsp3) is 0.778. The summed E-state index contributed by atoms with van der Waals surface area (Å²) in [6.07, 6.45) is 27.4. The Morgan fingerprint density at radius 1 is 0.525 bits per heavy atom. The van der Waals surface area contributed by atoms with Gasteiger partial charge in [-0.3, -0.25) is 18.6 Å². The molecule has 1 aliphatic rings. The Kier molecular flexibility index (Phi) is 32.9. The Morgan fingerprint density at radius 2 is 0.915 bits per heavy atom. The van der Waals surface area contributed by atoms with Crippen molar-refractivity contribution < 1.29 is 63.1 Å². The molecule has 0 aromatic carbocycles. The molecule has 0 radical (unpaired) electrons. The van der Waals surface area contributed by atoms with Crippen LogP contribution in [0.5, 0.6) is 0 Å². The van der Waals surface area contributed by atoms with E-state index in [1.807, 2.05) is 0 Å². The maximum absolute atomic E-state index is 12.8. The minimum absolute atomic E-state index is 0.0822. The zero-order valence-corrected chi connectivity index (χ0v) is 36.9. The molecule has 14 heteroatoms. The minimum atomic E-state index is -5.13. The van der Waals surface area contributed by atoms with E-state index in [4.69, 9.17) is 18.5 Å². The summed E-state index contributed by atoms with van der Waals surface area (Å²) in [5.74, 6) is -1.15. The molecule has 59 heavy (non-hydrogen) atoms. The van der Waals surface area contributed by atoms with Gasteiger partial charge < -0.3 is 39.9 Å². The Labute approximate surface area is 354 Å². The van der Waals surface area contributed by atoms with E-state index in [1.165, 1.54) is 51.4 Å². The monoisotopic (exact) mass is 859 g/mol. The third-order valence-corrected chi connectivity index (χ3v) is 11.1. The summed E-state index contributed by atoms with van der Waals surface area (Å²) in [6.45, 7) is 3.21. The van der Waals surface area contributed by atoms with Gasteiger partial charge in [0, 0.05) is 12.8 Å². The van der Waals surface area contributed by atoms with E-state index in [0.717, 1.165) is 77.0 Å². The molecular formula is C45H79O13P. The van der Waals surface area contributed by atoms with Crippen molar-refractivity contribution in [1.82, 2.24) is 0 Å². The van der Waals surface area contributed by atoms with Crippen LogP contribution in [0.4, 0.5) is 0 Å². The molecule has 1 saturated carbocycles. The fourth-order valence-electron chi connectivity index (χ4n) is 6.46. The van der Waals surface area contributed by atoms with Crippen molar-refractivity contribution in [3.05, 3.63) is 48.6 Å². The van der Waals surface area contributed by atoms with Gasteiger partial charge in [-0.1, -0.05) is 127 Å². The van der Waals surface area contributed by atoms with Crippen LogP contribution in [-0.2, 0) is 32.7 Å². The largest absolute Gasteiger partial charge is 0.472 e. The van der Waals surface area contributed by atoms with Gasteiger partial charge in [0.15, 0.2) is 6.10 Å². The van der Waals surface area contributed by atoms with E-state index < -0.39 is 75.7 Å². The van der Waals surface area contributed by atoms with Crippen LogP contribution in [0.3, 0.4) is 0 Å². The van der Waals surface area contributed by atoms with Crippen LogP contribution in [0.2, 0.25) is 0 Å². The number of carbonyl (C=O) groups is 2. The first kappa shape index (κ1) is 54.8. The second-order valence-corrected chi connectivity index (χ2v) is 16.9. The predicted molar refractivity (Wildman–Crippen MR) is 230 cm³/mol. The molecule has 0 aromatic heterocycles. The van der Waals surface area contributed by atoms with Crippen LogP contribution >= 0.6 is 7.82 Å². The molecule has 0 amide bonds. The fourth-order valence-corrected chi connectivity index (χ4v) is 7.44. The zero-order valence-electron chi connectivity index (χ0n) is 36.0. The number of aliphatic hydroxyl groups is 5. The Hall–Kier alpha value is -2.19. The van der Waals surface area contributed by atoms with Gasteiger partial charge in [0.25, 0.3) is 0 Å². The second-order valence-electron chi connectivity index (χ2n) is 15.5. The highest BCUT2D eigenvalue weighted by Crippen LogP contribution is 2.47. The highest BCUT2D eigenvalue weighted by atomic mass is 31.2. The number of rotatable bonds is 36. The molecule has 0 aliphatic heterocycles. The van der Waals surface area contributed by atoms with Crippen molar-refractivity contribution in [2.75, 3.05) is 13.2 Å². The molecule has 6 N–H and O–H groups in total. The summed E-state index contributed by atoms with van der Waals surface area (Å²) in [7, 11) is -5.13. The molecule has 6 unspecified atom stereocenters. The maximum Gasteiger partial charge on any atom is 0.472 e. The Morgan fingerprint density at radius 3 is 1.47 bits per heavy atom. The first-order chi connectivity index (χ1) is 28.4. The van der Waals surface area contributed by atoms with E-state index >= 15 is 0 Å². The van der Waals surface area contributed by atoms with E-state index in [1.54, 1.807) is 0 Å². The minimum Gasteiger partial charge on any atom is -0.462 e. The molecule has 0 saturated heterocycles. The number of phosphoric acid groups is 1. The van der Waals surface area contributed by atoms with Crippen LogP contribution < -0.4 is 0 Å². The van der Waals surface area contributed by atoms with Gasteiger partial charge in [0.1, 0.15) is 43.2 Å². The van der Waals surface area contributed by atoms with E-state index in [0.29, 0.717) is 12.8 Å². The number of allylic oxidation sites excluding steroid dienone is 8. The molecular weight excluding hydrogens is 779 g/mol. The van der Waals surface area contributed by atoms with Gasteiger partial charge in [-0.05, 0) is 77.0 Å².